The van der Waals surface area contributed by atoms with Crippen molar-refractivity contribution in [1.82, 2.24) is 15.1 Å². The summed E-state index contributed by atoms with van der Waals surface area (Å²) in [6.45, 7) is -0.0758. The number of hydrogen-bond acceptors (Lipinski definition) is 3. The summed E-state index contributed by atoms with van der Waals surface area (Å²) < 4.78 is 1.19. The molecule has 0 saturated heterocycles. The van der Waals surface area contributed by atoms with Gasteiger partial charge in [0, 0.05) is 17.7 Å². The Kier molecular flexibility index (Phi) is 5.30. The van der Waals surface area contributed by atoms with Crippen molar-refractivity contribution in [2.24, 2.45) is 0 Å². The highest BCUT2D eigenvalue weighted by Crippen LogP contribution is 2.24. The second-order valence-corrected chi connectivity index (χ2v) is 6.50. The Morgan fingerprint density at radius 3 is 2.67 bits per heavy atom. The SMILES string of the molecule is O=C(Cn1nc(-c2ccccc2Cl)ccc1=O)NC1CCCCC1. The fourth-order valence-electron chi connectivity index (χ4n) is 3.03. The molecule has 1 fully saturated rings. The van der Waals surface area contributed by atoms with Gasteiger partial charge in [-0.1, -0.05) is 49.1 Å². The Labute approximate surface area is 145 Å². The average Bonchev–Trinajstić information content (AvgIpc) is 2.58. The third-order valence-electron chi connectivity index (χ3n) is 4.28. The van der Waals surface area contributed by atoms with Gasteiger partial charge in [0.1, 0.15) is 6.54 Å². The van der Waals surface area contributed by atoms with Crippen molar-refractivity contribution in [3.8, 4) is 11.3 Å². The number of aromatic nitrogens is 2. The minimum absolute atomic E-state index is 0.0758. The number of amides is 1. The van der Waals surface area contributed by atoms with Crippen LogP contribution in [-0.4, -0.2) is 21.7 Å². The minimum Gasteiger partial charge on any atom is -0.352 e. The normalized spacial score (nSPS) is 15.2. The van der Waals surface area contributed by atoms with Crippen LogP contribution in [0.2, 0.25) is 5.02 Å². The molecule has 0 unspecified atom stereocenters. The fraction of sp³-hybridized carbons (Fsp3) is 0.389. The van der Waals surface area contributed by atoms with E-state index in [1.54, 1.807) is 12.1 Å². The first kappa shape index (κ1) is 16.7. The lowest BCUT2D eigenvalue weighted by molar-refractivity contribution is -0.122. The van der Waals surface area contributed by atoms with Crippen LogP contribution in [0.4, 0.5) is 0 Å². The molecule has 1 aromatic heterocycles. The summed E-state index contributed by atoms with van der Waals surface area (Å²) in [5.41, 5.74) is 1.01. The van der Waals surface area contributed by atoms with E-state index in [4.69, 9.17) is 11.6 Å². The molecule has 0 bridgehead atoms. The summed E-state index contributed by atoms with van der Waals surface area (Å²) in [6, 6.07) is 10.5. The van der Waals surface area contributed by atoms with Gasteiger partial charge in [-0.3, -0.25) is 9.59 Å². The molecule has 24 heavy (non-hydrogen) atoms. The van der Waals surface area contributed by atoms with Gasteiger partial charge in [0.15, 0.2) is 0 Å². The third-order valence-corrected chi connectivity index (χ3v) is 4.61. The van der Waals surface area contributed by atoms with Crippen molar-refractivity contribution in [2.75, 3.05) is 0 Å². The zero-order chi connectivity index (χ0) is 16.9. The van der Waals surface area contributed by atoms with Crippen molar-refractivity contribution >= 4 is 17.5 Å². The van der Waals surface area contributed by atoms with Gasteiger partial charge >= 0.3 is 0 Å². The first-order valence-corrected chi connectivity index (χ1v) is 8.64. The number of nitrogens with one attached hydrogen (secondary N) is 1. The number of hydrogen-bond donors (Lipinski definition) is 1. The molecule has 3 rings (SSSR count). The molecule has 1 amide bonds. The monoisotopic (exact) mass is 345 g/mol. The van der Waals surface area contributed by atoms with E-state index < -0.39 is 0 Å². The van der Waals surface area contributed by atoms with Crippen LogP contribution in [-0.2, 0) is 11.3 Å². The first-order valence-electron chi connectivity index (χ1n) is 8.26. The van der Waals surface area contributed by atoms with Crippen LogP contribution in [0.1, 0.15) is 32.1 Å². The molecule has 0 radical (unpaired) electrons. The Bertz CT molecular complexity index is 782. The molecule has 0 atom stereocenters. The predicted octanol–water partition coefficient (Wildman–Crippen LogP) is 3.01. The van der Waals surface area contributed by atoms with Crippen molar-refractivity contribution < 1.29 is 4.79 Å². The van der Waals surface area contributed by atoms with E-state index in [1.165, 1.54) is 17.2 Å². The van der Waals surface area contributed by atoms with E-state index in [-0.39, 0.29) is 24.1 Å². The number of carbonyl (C=O) groups is 1. The summed E-state index contributed by atoms with van der Waals surface area (Å²) >= 11 is 6.18. The van der Waals surface area contributed by atoms with Crippen molar-refractivity contribution in [1.29, 1.82) is 0 Å². The highest BCUT2D eigenvalue weighted by molar-refractivity contribution is 6.33. The molecule has 5 nitrogen and oxygen atoms in total. The molecule has 1 N–H and O–H groups in total. The Hall–Kier alpha value is -2.14. The molecule has 6 heteroatoms. The second kappa shape index (κ2) is 7.62. The van der Waals surface area contributed by atoms with Gasteiger partial charge < -0.3 is 5.32 Å². The van der Waals surface area contributed by atoms with Crippen LogP contribution in [0.15, 0.2) is 41.2 Å². The topological polar surface area (TPSA) is 64.0 Å². The lowest BCUT2D eigenvalue weighted by atomic mass is 9.95. The zero-order valence-electron chi connectivity index (χ0n) is 13.4. The average molecular weight is 346 g/mol. The number of carbonyl (C=O) groups excluding carboxylic acids is 1. The summed E-state index contributed by atoms with van der Waals surface area (Å²) in [7, 11) is 0. The second-order valence-electron chi connectivity index (χ2n) is 6.10. The molecular weight excluding hydrogens is 326 g/mol. The van der Waals surface area contributed by atoms with Crippen molar-refractivity contribution in [3.63, 3.8) is 0 Å². The quantitative estimate of drug-likeness (QED) is 0.926. The van der Waals surface area contributed by atoms with Gasteiger partial charge in [-0.2, -0.15) is 5.10 Å². The van der Waals surface area contributed by atoms with E-state index >= 15 is 0 Å². The Morgan fingerprint density at radius 2 is 1.92 bits per heavy atom. The summed E-state index contributed by atoms with van der Waals surface area (Å²) in [5, 5.41) is 7.85. The van der Waals surface area contributed by atoms with Crippen LogP contribution in [0.25, 0.3) is 11.3 Å². The number of nitrogens with zero attached hydrogens (tertiary/aromatic N) is 2. The van der Waals surface area contributed by atoms with Gasteiger partial charge in [-0.15, -0.1) is 0 Å². The van der Waals surface area contributed by atoms with Gasteiger partial charge in [-0.25, -0.2) is 4.68 Å². The summed E-state index contributed by atoms with van der Waals surface area (Å²) in [6.07, 6.45) is 5.53. The number of rotatable bonds is 4. The molecule has 1 aliphatic carbocycles. The lowest BCUT2D eigenvalue weighted by Gasteiger charge is -2.22. The highest BCUT2D eigenvalue weighted by Gasteiger charge is 2.16. The molecule has 1 saturated carbocycles. The van der Waals surface area contributed by atoms with E-state index in [2.05, 4.69) is 10.4 Å². The van der Waals surface area contributed by atoms with Crippen LogP contribution in [0.3, 0.4) is 0 Å². The van der Waals surface area contributed by atoms with Crippen molar-refractivity contribution in [3.05, 3.63) is 51.8 Å². The molecule has 1 aliphatic rings. The molecule has 0 spiro atoms. The molecule has 1 aromatic carbocycles. The standard InChI is InChI=1S/C18H20ClN3O2/c19-15-9-5-4-8-14(15)16-10-11-18(24)22(21-16)12-17(23)20-13-6-2-1-3-7-13/h4-5,8-11,13H,1-3,6-7,12H2,(H,20,23). The van der Waals surface area contributed by atoms with Gasteiger partial charge in [0.2, 0.25) is 5.91 Å². The summed E-state index contributed by atoms with van der Waals surface area (Å²) in [4.78, 5) is 24.2. The van der Waals surface area contributed by atoms with Gasteiger partial charge in [0.05, 0.1) is 10.7 Å². The molecule has 2 aromatic rings. The number of benzene rings is 1. The molecular formula is C18H20ClN3O2. The fourth-order valence-corrected chi connectivity index (χ4v) is 3.26. The van der Waals surface area contributed by atoms with Gasteiger partial charge in [0.25, 0.3) is 5.56 Å². The van der Waals surface area contributed by atoms with Crippen LogP contribution in [0, 0.1) is 0 Å². The maximum atomic E-state index is 12.2. The number of halogens is 1. The Morgan fingerprint density at radius 1 is 1.17 bits per heavy atom. The maximum Gasteiger partial charge on any atom is 0.267 e. The lowest BCUT2D eigenvalue weighted by Crippen LogP contribution is -2.40. The first-order chi connectivity index (χ1) is 11.6. The van der Waals surface area contributed by atoms with Crippen LogP contribution >= 0.6 is 11.6 Å². The highest BCUT2D eigenvalue weighted by atomic mass is 35.5. The summed E-state index contributed by atoms with van der Waals surface area (Å²) in [5.74, 6) is -0.173. The van der Waals surface area contributed by atoms with E-state index in [1.807, 2.05) is 18.2 Å². The predicted molar refractivity (Wildman–Crippen MR) is 94.0 cm³/mol. The third kappa shape index (κ3) is 4.03. The molecule has 0 aliphatic heterocycles. The van der Waals surface area contributed by atoms with E-state index in [9.17, 15) is 9.59 Å². The Balaban J connectivity index is 1.75. The molecule has 1 heterocycles. The van der Waals surface area contributed by atoms with Crippen molar-refractivity contribution in [2.45, 2.75) is 44.7 Å². The largest absolute Gasteiger partial charge is 0.352 e. The van der Waals surface area contributed by atoms with Crippen LogP contribution in [0.5, 0.6) is 0 Å². The van der Waals surface area contributed by atoms with E-state index in [0.29, 0.717) is 10.7 Å². The molecule has 126 valence electrons. The zero-order valence-corrected chi connectivity index (χ0v) is 14.1. The smallest absolute Gasteiger partial charge is 0.267 e. The van der Waals surface area contributed by atoms with Crippen LogP contribution < -0.4 is 10.9 Å². The van der Waals surface area contributed by atoms with Gasteiger partial charge in [-0.05, 0) is 25.0 Å². The minimum atomic E-state index is -0.301. The maximum absolute atomic E-state index is 12.2. The van der Waals surface area contributed by atoms with E-state index in [0.717, 1.165) is 31.2 Å².